The maximum Gasteiger partial charge on any atom is 0.365 e. The average molecular weight is 174 g/mol. The van der Waals surface area contributed by atoms with Crippen molar-refractivity contribution < 1.29 is 23.8 Å². The summed E-state index contributed by atoms with van der Waals surface area (Å²) < 4.78 is 14.1. The van der Waals surface area contributed by atoms with E-state index in [0.717, 1.165) is 0 Å². The normalized spacial score (nSPS) is 19.2. The van der Waals surface area contributed by atoms with Crippen LogP contribution >= 0.6 is 0 Å². The van der Waals surface area contributed by atoms with Crippen molar-refractivity contribution in [1.29, 1.82) is 0 Å². The van der Waals surface area contributed by atoms with Gasteiger partial charge in [0.1, 0.15) is 6.42 Å². The van der Waals surface area contributed by atoms with Gasteiger partial charge in [0.05, 0.1) is 6.10 Å². The molecule has 0 bridgehead atoms. The van der Waals surface area contributed by atoms with E-state index in [1.54, 1.807) is 13.8 Å². The van der Waals surface area contributed by atoms with Crippen LogP contribution in [0.4, 0.5) is 0 Å². The number of hydrogen-bond acceptors (Lipinski definition) is 5. The van der Waals surface area contributed by atoms with Crippen molar-refractivity contribution in [3.8, 4) is 0 Å². The van der Waals surface area contributed by atoms with E-state index in [1.807, 2.05) is 0 Å². The molecule has 1 aliphatic heterocycles. The van der Waals surface area contributed by atoms with Gasteiger partial charge < -0.3 is 14.2 Å². The molecule has 0 radical (unpaired) electrons. The second-order valence-corrected chi connectivity index (χ2v) is 2.63. The Morgan fingerprint density at radius 3 is 2.25 bits per heavy atom. The lowest BCUT2D eigenvalue weighted by Gasteiger charge is -2.23. The minimum absolute atomic E-state index is 0.159. The number of ether oxygens (including phenoxy) is 3. The second-order valence-electron chi connectivity index (χ2n) is 2.63. The number of hydrogen-bond donors (Lipinski definition) is 0. The smallest absolute Gasteiger partial charge is 0.365 e. The summed E-state index contributed by atoms with van der Waals surface area (Å²) in [4.78, 5) is 21.3. The van der Waals surface area contributed by atoms with E-state index in [1.165, 1.54) is 0 Å². The molecule has 0 N–H and O–H groups in total. The fourth-order valence-electron chi connectivity index (χ4n) is 0.718. The van der Waals surface area contributed by atoms with Gasteiger partial charge in [0.25, 0.3) is 0 Å². The van der Waals surface area contributed by atoms with Crippen LogP contribution in [0.25, 0.3) is 0 Å². The highest BCUT2D eigenvalue weighted by molar-refractivity contribution is 5.92. The van der Waals surface area contributed by atoms with E-state index in [0.29, 0.717) is 0 Å². The highest BCUT2D eigenvalue weighted by Crippen LogP contribution is 2.10. The zero-order valence-electron chi connectivity index (χ0n) is 6.90. The lowest BCUT2D eigenvalue weighted by Crippen LogP contribution is -2.35. The summed E-state index contributed by atoms with van der Waals surface area (Å²) in [6.07, 6.45) is -0.494. The third-order valence-electron chi connectivity index (χ3n) is 1.13. The molecule has 0 spiro atoms. The molecule has 0 unspecified atom stereocenters. The summed E-state index contributed by atoms with van der Waals surface area (Å²) in [6.45, 7) is 2.32. The third-order valence-corrected chi connectivity index (χ3v) is 1.13. The van der Waals surface area contributed by atoms with Gasteiger partial charge in [0.15, 0.2) is 0 Å². The molecule has 1 aliphatic rings. The van der Waals surface area contributed by atoms with Gasteiger partial charge >= 0.3 is 18.4 Å². The Hall–Kier alpha value is -1.10. The van der Waals surface area contributed by atoms with E-state index in [4.69, 9.17) is 4.74 Å². The maximum atomic E-state index is 10.7. The number of cyclic esters (lactones) is 2. The molecule has 1 saturated heterocycles. The molecule has 0 aromatic carbocycles. The van der Waals surface area contributed by atoms with E-state index < -0.39 is 18.4 Å². The fourth-order valence-corrected chi connectivity index (χ4v) is 0.718. The van der Waals surface area contributed by atoms with E-state index in [9.17, 15) is 9.59 Å². The van der Waals surface area contributed by atoms with Crippen molar-refractivity contribution in [2.24, 2.45) is 0 Å². The van der Waals surface area contributed by atoms with Crippen molar-refractivity contribution >= 4 is 11.9 Å². The predicted octanol–water partition coefficient (Wildman–Crippen LogP) is 0.185. The zero-order chi connectivity index (χ0) is 9.14. The van der Waals surface area contributed by atoms with Crippen LogP contribution < -0.4 is 0 Å². The van der Waals surface area contributed by atoms with Gasteiger partial charge in [-0.05, 0) is 13.8 Å². The van der Waals surface area contributed by atoms with Gasteiger partial charge in [0.2, 0.25) is 0 Å². The van der Waals surface area contributed by atoms with Crippen LogP contribution in [0.1, 0.15) is 20.3 Å². The summed E-state index contributed by atoms with van der Waals surface area (Å²) in [5, 5.41) is 0. The SMILES string of the molecule is CC(C)OC1OC(=O)CC(=O)O1. The molecule has 5 nitrogen and oxygen atoms in total. The molecule has 0 atom stereocenters. The van der Waals surface area contributed by atoms with Gasteiger partial charge in [0, 0.05) is 0 Å². The highest BCUT2D eigenvalue weighted by Gasteiger charge is 2.28. The molecule has 0 aromatic rings. The fraction of sp³-hybridized carbons (Fsp3) is 0.714. The van der Waals surface area contributed by atoms with E-state index >= 15 is 0 Å². The summed E-state index contributed by atoms with van der Waals surface area (Å²) in [7, 11) is 0. The van der Waals surface area contributed by atoms with Crippen LogP contribution in [0, 0.1) is 0 Å². The number of esters is 2. The Kier molecular flexibility index (Phi) is 2.65. The summed E-state index contributed by atoms with van der Waals surface area (Å²) in [6, 6.07) is 0. The van der Waals surface area contributed by atoms with Crippen molar-refractivity contribution in [2.75, 3.05) is 0 Å². The molecule has 0 saturated carbocycles. The number of carbonyl (C=O) groups is 2. The first-order valence-corrected chi connectivity index (χ1v) is 3.62. The minimum Gasteiger partial charge on any atom is -0.400 e. The largest absolute Gasteiger partial charge is 0.400 e. The summed E-state index contributed by atoms with van der Waals surface area (Å²) in [5.41, 5.74) is 0. The Morgan fingerprint density at radius 2 is 1.83 bits per heavy atom. The second kappa shape index (κ2) is 3.53. The van der Waals surface area contributed by atoms with Gasteiger partial charge in [-0.3, -0.25) is 9.59 Å². The lowest BCUT2D eigenvalue weighted by molar-refractivity contribution is -0.286. The van der Waals surface area contributed by atoms with Gasteiger partial charge in [-0.2, -0.15) is 0 Å². The first-order chi connectivity index (χ1) is 5.58. The topological polar surface area (TPSA) is 61.8 Å². The molecule has 0 aliphatic carbocycles. The van der Waals surface area contributed by atoms with Crippen LogP contribution in [0.15, 0.2) is 0 Å². The van der Waals surface area contributed by atoms with E-state index in [-0.39, 0.29) is 12.5 Å². The van der Waals surface area contributed by atoms with Gasteiger partial charge in [-0.15, -0.1) is 0 Å². The Balaban J connectivity index is 2.44. The van der Waals surface area contributed by atoms with Crippen LogP contribution in [0.5, 0.6) is 0 Å². The van der Waals surface area contributed by atoms with Crippen LogP contribution in [0.2, 0.25) is 0 Å². The van der Waals surface area contributed by atoms with Crippen LogP contribution in [-0.2, 0) is 23.8 Å². The lowest BCUT2D eigenvalue weighted by atomic mass is 10.4. The number of carbonyl (C=O) groups excluding carboxylic acids is 2. The van der Waals surface area contributed by atoms with Crippen molar-refractivity contribution in [1.82, 2.24) is 0 Å². The molecule has 68 valence electrons. The molecule has 0 amide bonds. The molecule has 0 aromatic heterocycles. The Bertz CT molecular complexity index is 182. The molecule has 1 fully saturated rings. The monoisotopic (exact) mass is 174 g/mol. The standard InChI is InChI=1S/C7H10O5/c1-4(2)10-7-11-5(8)3-6(9)12-7/h4,7H,3H2,1-2H3. The number of rotatable bonds is 2. The van der Waals surface area contributed by atoms with Gasteiger partial charge in [-0.1, -0.05) is 0 Å². The quantitative estimate of drug-likeness (QED) is 0.441. The average Bonchev–Trinajstić information content (AvgIpc) is 1.81. The Labute approximate surface area is 69.6 Å². The summed E-state index contributed by atoms with van der Waals surface area (Å²) in [5.74, 6) is -1.23. The minimum atomic E-state index is -1.17. The van der Waals surface area contributed by atoms with Crippen LogP contribution in [0.3, 0.4) is 0 Å². The molecule has 1 rings (SSSR count). The van der Waals surface area contributed by atoms with Crippen molar-refractivity contribution in [3.05, 3.63) is 0 Å². The summed E-state index contributed by atoms with van der Waals surface area (Å²) >= 11 is 0. The van der Waals surface area contributed by atoms with E-state index in [2.05, 4.69) is 9.47 Å². The first kappa shape index (κ1) is 8.99. The molecular formula is C7H10O5. The zero-order valence-corrected chi connectivity index (χ0v) is 6.90. The highest BCUT2D eigenvalue weighted by atomic mass is 16.9. The first-order valence-electron chi connectivity index (χ1n) is 3.62. The van der Waals surface area contributed by atoms with Crippen molar-refractivity contribution in [2.45, 2.75) is 32.8 Å². The van der Waals surface area contributed by atoms with Crippen molar-refractivity contribution in [3.63, 3.8) is 0 Å². The van der Waals surface area contributed by atoms with Gasteiger partial charge in [-0.25, -0.2) is 0 Å². The Morgan fingerprint density at radius 1 is 1.33 bits per heavy atom. The third kappa shape index (κ3) is 2.50. The van der Waals surface area contributed by atoms with Crippen LogP contribution in [-0.4, -0.2) is 24.5 Å². The predicted molar refractivity (Wildman–Crippen MR) is 36.8 cm³/mol. The molecular weight excluding hydrogens is 164 g/mol. The molecule has 12 heavy (non-hydrogen) atoms. The maximum absolute atomic E-state index is 10.7. The molecule has 5 heteroatoms. The molecule has 1 heterocycles.